The summed E-state index contributed by atoms with van der Waals surface area (Å²) < 4.78 is 0. The largest absolute Gasteiger partial charge is 0.298 e. The van der Waals surface area contributed by atoms with Crippen LogP contribution in [0.25, 0.3) is 0 Å². The maximum absolute atomic E-state index is 2.83. The molecule has 0 saturated carbocycles. The molecule has 3 aliphatic rings. The Hall–Kier alpha value is -0.380. The third kappa shape index (κ3) is 2.07. The minimum absolute atomic E-state index is 0.716. The second-order valence-corrected chi connectivity index (χ2v) is 7.54. The van der Waals surface area contributed by atoms with Crippen LogP contribution in [0.5, 0.6) is 0 Å². The standard InChI is InChI=1S/C16H24N2S/c1-12-10-17-8-3-4-13(17)11-18(12)15-5-2-6-16-14(15)7-9-19-16/h7,9,12-13,15H,2-6,8,10-11H2,1H3. The van der Waals surface area contributed by atoms with Gasteiger partial charge in [-0.25, -0.2) is 0 Å². The van der Waals surface area contributed by atoms with Gasteiger partial charge in [-0.15, -0.1) is 11.3 Å². The fraction of sp³-hybridized carbons (Fsp3) is 0.750. The highest BCUT2D eigenvalue weighted by molar-refractivity contribution is 7.10. The molecule has 0 aromatic carbocycles. The molecule has 0 spiro atoms. The van der Waals surface area contributed by atoms with Crippen molar-refractivity contribution in [2.75, 3.05) is 19.6 Å². The highest BCUT2D eigenvalue weighted by Crippen LogP contribution is 2.40. The predicted molar refractivity (Wildman–Crippen MR) is 80.8 cm³/mol. The van der Waals surface area contributed by atoms with Gasteiger partial charge in [0, 0.05) is 36.1 Å². The lowest BCUT2D eigenvalue weighted by atomic mass is 9.90. The molecule has 2 fully saturated rings. The Morgan fingerprint density at radius 2 is 2.16 bits per heavy atom. The Labute approximate surface area is 120 Å². The van der Waals surface area contributed by atoms with Crippen LogP contribution in [-0.2, 0) is 6.42 Å². The van der Waals surface area contributed by atoms with Gasteiger partial charge in [0.2, 0.25) is 0 Å². The van der Waals surface area contributed by atoms with Crippen molar-refractivity contribution in [2.24, 2.45) is 0 Å². The average molecular weight is 276 g/mol. The number of fused-ring (bicyclic) bond motifs is 2. The molecular formula is C16H24N2S. The molecule has 4 rings (SSSR count). The maximum Gasteiger partial charge on any atom is 0.0363 e. The van der Waals surface area contributed by atoms with Gasteiger partial charge in [-0.05, 0) is 62.6 Å². The third-order valence-corrected chi connectivity index (χ3v) is 6.40. The zero-order valence-corrected chi connectivity index (χ0v) is 12.7. The summed E-state index contributed by atoms with van der Waals surface area (Å²) in [5, 5.41) is 2.31. The Bertz CT molecular complexity index is 455. The van der Waals surface area contributed by atoms with Crippen LogP contribution in [0.2, 0.25) is 0 Å². The Morgan fingerprint density at radius 1 is 1.21 bits per heavy atom. The highest BCUT2D eigenvalue weighted by Gasteiger charge is 2.38. The number of piperazine rings is 1. The highest BCUT2D eigenvalue weighted by atomic mass is 32.1. The topological polar surface area (TPSA) is 6.48 Å². The van der Waals surface area contributed by atoms with Gasteiger partial charge in [-0.2, -0.15) is 0 Å². The minimum atomic E-state index is 0.716. The molecule has 2 aliphatic heterocycles. The molecule has 0 radical (unpaired) electrons. The van der Waals surface area contributed by atoms with Crippen LogP contribution in [0.1, 0.15) is 49.1 Å². The summed E-state index contributed by atoms with van der Waals surface area (Å²) in [4.78, 5) is 7.23. The van der Waals surface area contributed by atoms with Crippen molar-refractivity contribution in [3.8, 4) is 0 Å². The minimum Gasteiger partial charge on any atom is -0.298 e. The first-order valence-electron chi connectivity index (χ1n) is 7.89. The Morgan fingerprint density at radius 3 is 3.11 bits per heavy atom. The molecule has 1 aromatic heterocycles. The maximum atomic E-state index is 2.83. The molecule has 19 heavy (non-hydrogen) atoms. The summed E-state index contributed by atoms with van der Waals surface area (Å²) in [7, 11) is 0. The molecule has 2 nitrogen and oxygen atoms in total. The van der Waals surface area contributed by atoms with Crippen LogP contribution >= 0.6 is 11.3 Å². The number of hydrogen-bond donors (Lipinski definition) is 0. The SMILES string of the molecule is CC1CN2CCCC2CN1C1CCCc2sccc21. The molecule has 0 amide bonds. The number of aryl methyl sites for hydroxylation is 1. The Kier molecular flexibility index (Phi) is 3.17. The van der Waals surface area contributed by atoms with Crippen molar-refractivity contribution in [1.29, 1.82) is 0 Å². The van der Waals surface area contributed by atoms with Gasteiger partial charge >= 0.3 is 0 Å². The van der Waals surface area contributed by atoms with E-state index in [0.29, 0.717) is 6.04 Å². The first kappa shape index (κ1) is 12.4. The molecule has 3 unspecified atom stereocenters. The number of nitrogens with zero attached hydrogens (tertiary/aromatic N) is 2. The molecule has 3 heterocycles. The summed E-state index contributed by atoms with van der Waals surface area (Å²) in [6.45, 7) is 6.38. The monoisotopic (exact) mass is 276 g/mol. The summed E-state index contributed by atoms with van der Waals surface area (Å²) in [5.74, 6) is 0. The number of hydrogen-bond acceptors (Lipinski definition) is 3. The second-order valence-electron chi connectivity index (χ2n) is 6.54. The van der Waals surface area contributed by atoms with Crippen molar-refractivity contribution in [1.82, 2.24) is 9.80 Å². The van der Waals surface area contributed by atoms with Crippen molar-refractivity contribution >= 4 is 11.3 Å². The average Bonchev–Trinajstić information content (AvgIpc) is 3.04. The summed E-state index contributed by atoms with van der Waals surface area (Å²) in [6.07, 6.45) is 6.92. The van der Waals surface area contributed by atoms with Gasteiger partial charge in [0.25, 0.3) is 0 Å². The third-order valence-electron chi connectivity index (χ3n) is 5.41. The van der Waals surface area contributed by atoms with Crippen LogP contribution in [-0.4, -0.2) is 41.5 Å². The molecule has 3 atom stereocenters. The van der Waals surface area contributed by atoms with E-state index < -0.39 is 0 Å². The van der Waals surface area contributed by atoms with Gasteiger partial charge in [-0.1, -0.05) is 0 Å². The predicted octanol–water partition coefficient (Wildman–Crippen LogP) is 3.29. The van der Waals surface area contributed by atoms with E-state index in [9.17, 15) is 0 Å². The molecule has 2 saturated heterocycles. The van der Waals surface area contributed by atoms with Gasteiger partial charge in [0.15, 0.2) is 0 Å². The molecule has 1 aromatic rings. The lowest BCUT2D eigenvalue weighted by Crippen LogP contribution is -2.56. The molecule has 1 aliphatic carbocycles. The van der Waals surface area contributed by atoms with Crippen LogP contribution < -0.4 is 0 Å². The van der Waals surface area contributed by atoms with E-state index in [0.717, 1.165) is 12.1 Å². The van der Waals surface area contributed by atoms with E-state index in [2.05, 4.69) is 28.2 Å². The van der Waals surface area contributed by atoms with E-state index in [1.165, 1.54) is 51.7 Å². The van der Waals surface area contributed by atoms with Crippen molar-refractivity contribution in [3.05, 3.63) is 21.9 Å². The van der Waals surface area contributed by atoms with Crippen LogP contribution in [0.15, 0.2) is 11.4 Å². The van der Waals surface area contributed by atoms with Crippen LogP contribution in [0.3, 0.4) is 0 Å². The second kappa shape index (κ2) is 4.87. The van der Waals surface area contributed by atoms with Crippen molar-refractivity contribution < 1.29 is 0 Å². The summed E-state index contributed by atoms with van der Waals surface area (Å²) in [5.41, 5.74) is 1.66. The fourth-order valence-electron chi connectivity index (χ4n) is 4.45. The zero-order valence-electron chi connectivity index (χ0n) is 11.8. The quantitative estimate of drug-likeness (QED) is 0.776. The van der Waals surface area contributed by atoms with Gasteiger partial charge in [0.05, 0.1) is 0 Å². The number of rotatable bonds is 1. The van der Waals surface area contributed by atoms with E-state index in [4.69, 9.17) is 0 Å². The first-order valence-corrected chi connectivity index (χ1v) is 8.77. The van der Waals surface area contributed by atoms with Crippen molar-refractivity contribution in [2.45, 2.75) is 57.2 Å². The van der Waals surface area contributed by atoms with E-state index in [1.807, 2.05) is 11.3 Å². The summed E-state index contributed by atoms with van der Waals surface area (Å²) >= 11 is 1.98. The molecule has 104 valence electrons. The number of thiophene rings is 1. The van der Waals surface area contributed by atoms with Gasteiger partial charge in [-0.3, -0.25) is 9.80 Å². The smallest absolute Gasteiger partial charge is 0.0363 e. The van der Waals surface area contributed by atoms with Crippen molar-refractivity contribution in [3.63, 3.8) is 0 Å². The van der Waals surface area contributed by atoms with E-state index in [-0.39, 0.29) is 0 Å². The summed E-state index contributed by atoms with van der Waals surface area (Å²) in [6, 6.07) is 4.69. The lowest BCUT2D eigenvalue weighted by molar-refractivity contribution is 0.0220. The fourth-order valence-corrected chi connectivity index (χ4v) is 5.43. The van der Waals surface area contributed by atoms with Gasteiger partial charge in [0.1, 0.15) is 0 Å². The van der Waals surface area contributed by atoms with E-state index in [1.54, 1.807) is 10.4 Å². The van der Waals surface area contributed by atoms with Crippen LogP contribution in [0.4, 0.5) is 0 Å². The van der Waals surface area contributed by atoms with E-state index >= 15 is 0 Å². The lowest BCUT2D eigenvalue weighted by Gasteiger charge is -2.47. The molecule has 0 N–H and O–H groups in total. The normalized spacial score (nSPS) is 36.2. The zero-order chi connectivity index (χ0) is 12.8. The molecular weight excluding hydrogens is 252 g/mol. The van der Waals surface area contributed by atoms with Gasteiger partial charge < -0.3 is 0 Å². The first-order chi connectivity index (χ1) is 9.33. The van der Waals surface area contributed by atoms with Crippen LogP contribution in [0, 0.1) is 0 Å². The Balaban J connectivity index is 1.59. The molecule has 0 bridgehead atoms. The molecule has 3 heteroatoms.